The van der Waals surface area contributed by atoms with Crippen LogP contribution in [0.25, 0.3) is 0 Å². The summed E-state index contributed by atoms with van der Waals surface area (Å²) in [4.78, 5) is 20.5. The Kier molecular flexibility index (Phi) is 8.24. The monoisotopic (exact) mass is 386 g/mol. The Morgan fingerprint density at radius 1 is 1.07 bits per heavy atom. The van der Waals surface area contributed by atoms with E-state index in [1.807, 2.05) is 30.3 Å². The number of para-hydroxylation sites is 1. The fourth-order valence-corrected chi connectivity index (χ4v) is 1.58. The summed E-state index contributed by atoms with van der Waals surface area (Å²) < 4.78 is 37.4. The van der Waals surface area contributed by atoms with Crippen molar-refractivity contribution in [3.63, 3.8) is 0 Å². The van der Waals surface area contributed by atoms with Crippen LogP contribution in [0.15, 0.2) is 54.6 Å². The summed E-state index contributed by atoms with van der Waals surface area (Å²) in [6.07, 6.45) is -5.08. The van der Waals surface area contributed by atoms with E-state index in [2.05, 4.69) is 5.32 Å². The minimum Gasteiger partial charge on any atom is -0.475 e. The standard InChI is InChI=1S/C15H16N2O3.C2HF3O2/c16-14(10-18)15(19)17-11-5-4-8-13(9-11)20-12-6-2-1-3-7-12;3-2(4,5)1(6)7/h1-9,14,18H,10,16H2,(H,17,19);(H,6,7). The molecule has 10 heteroatoms. The zero-order valence-corrected chi connectivity index (χ0v) is 13.8. The summed E-state index contributed by atoms with van der Waals surface area (Å²) in [5, 5.41) is 18.6. The molecule has 0 aromatic heterocycles. The van der Waals surface area contributed by atoms with Gasteiger partial charge in [-0.1, -0.05) is 24.3 Å². The van der Waals surface area contributed by atoms with Crippen LogP contribution in [0.5, 0.6) is 11.5 Å². The third kappa shape index (κ3) is 8.21. The highest BCUT2D eigenvalue weighted by Crippen LogP contribution is 2.23. The molecule has 7 nitrogen and oxygen atoms in total. The average Bonchev–Trinajstić information content (AvgIpc) is 2.62. The molecule has 0 bridgehead atoms. The first-order valence-electron chi connectivity index (χ1n) is 7.44. The normalized spacial score (nSPS) is 11.6. The third-order valence-electron chi connectivity index (χ3n) is 2.86. The maximum atomic E-state index is 11.6. The average molecular weight is 386 g/mol. The number of carboxylic acids is 1. The Labute approximate surface area is 152 Å². The Morgan fingerprint density at radius 2 is 1.63 bits per heavy atom. The smallest absolute Gasteiger partial charge is 0.475 e. The number of amides is 1. The van der Waals surface area contributed by atoms with Crippen molar-refractivity contribution in [2.45, 2.75) is 12.2 Å². The van der Waals surface area contributed by atoms with Crippen molar-refractivity contribution in [3.8, 4) is 11.5 Å². The van der Waals surface area contributed by atoms with Crippen molar-refractivity contribution in [1.82, 2.24) is 0 Å². The molecule has 5 N–H and O–H groups in total. The number of rotatable bonds is 5. The van der Waals surface area contributed by atoms with Gasteiger partial charge < -0.3 is 26.0 Å². The van der Waals surface area contributed by atoms with Gasteiger partial charge in [0, 0.05) is 11.8 Å². The predicted molar refractivity (Wildman–Crippen MR) is 90.3 cm³/mol. The van der Waals surface area contributed by atoms with Crippen LogP contribution in [0.2, 0.25) is 0 Å². The number of aliphatic hydroxyl groups is 1. The van der Waals surface area contributed by atoms with E-state index < -0.39 is 30.7 Å². The number of benzene rings is 2. The van der Waals surface area contributed by atoms with Gasteiger partial charge in [-0.15, -0.1) is 0 Å². The van der Waals surface area contributed by atoms with Crippen LogP contribution in [-0.4, -0.2) is 40.9 Å². The molecule has 2 rings (SSSR count). The quantitative estimate of drug-likeness (QED) is 0.626. The SMILES string of the molecule is NC(CO)C(=O)Nc1cccc(Oc2ccccc2)c1.O=C(O)C(F)(F)F. The number of ether oxygens (including phenoxy) is 1. The number of alkyl halides is 3. The maximum absolute atomic E-state index is 11.6. The van der Waals surface area contributed by atoms with E-state index in [0.29, 0.717) is 17.2 Å². The number of halogens is 3. The van der Waals surface area contributed by atoms with Crippen molar-refractivity contribution in [1.29, 1.82) is 0 Å². The molecule has 0 saturated carbocycles. The summed E-state index contributed by atoms with van der Waals surface area (Å²) in [7, 11) is 0. The van der Waals surface area contributed by atoms with Crippen LogP contribution in [0.1, 0.15) is 0 Å². The molecule has 0 heterocycles. The molecule has 2 aromatic carbocycles. The van der Waals surface area contributed by atoms with Gasteiger partial charge in [0.25, 0.3) is 0 Å². The molecule has 0 saturated heterocycles. The zero-order chi connectivity index (χ0) is 20.4. The summed E-state index contributed by atoms with van der Waals surface area (Å²) in [6.45, 7) is -0.397. The number of aliphatic hydroxyl groups excluding tert-OH is 1. The summed E-state index contributed by atoms with van der Waals surface area (Å²) in [5.41, 5.74) is 5.99. The van der Waals surface area contributed by atoms with Crippen molar-refractivity contribution < 1.29 is 37.7 Å². The van der Waals surface area contributed by atoms with Gasteiger partial charge in [0.15, 0.2) is 0 Å². The van der Waals surface area contributed by atoms with Gasteiger partial charge in [0.2, 0.25) is 5.91 Å². The van der Waals surface area contributed by atoms with E-state index in [9.17, 15) is 18.0 Å². The number of carbonyl (C=O) groups excluding carboxylic acids is 1. The van der Waals surface area contributed by atoms with E-state index in [1.165, 1.54) is 0 Å². The van der Waals surface area contributed by atoms with Crippen LogP contribution in [-0.2, 0) is 9.59 Å². The van der Waals surface area contributed by atoms with Crippen LogP contribution in [0, 0.1) is 0 Å². The second-order valence-corrected chi connectivity index (χ2v) is 5.02. The molecule has 1 atom stereocenters. The third-order valence-corrected chi connectivity index (χ3v) is 2.86. The Morgan fingerprint density at radius 3 is 2.15 bits per heavy atom. The number of carbonyl (C=O) groups is 2. The minimum absolute atomic E-state index is 0.397. The van der Waals surface area contributed by atoms with Gasteiger partial charge in [-0.3, -0.25) is 4.79 Å². The second kappa shape index (κ2) is 10.1. The van der Waals surface area contributed by atoms with E-state index in [1.54, 1.807) is 24.3 Å². The van der Waals surface area contributed by atoms with Crippen molar-refractivity contribution >= 4 is 17.6 Å². The molecule has 0 spiro atoms. The van der Waals surface area contributed by atoms with Crippen molar-refractivity contribution in [2.75, 3.05) is 11.9 Å². The molecule has 0 aliphatic carbocycles. The van der Waals surface area contributed by atoms with Gasteiger partial charge in [-0.05, 0) is 24.3 Å². The van der Waals surface area contributed by atoms with Crippen LogP contribution >= 0.6 is 0 Å². The maximum Gasteiger partial charge on any atom is 0.490 e. The van der Waals surface area contributed by atoms with Crippen LogP contribution < -0.4 is 15.8 Å². The fraction of sp³-hybridized carbons (Fsp3) is 0.176. The molecule has 0 aliphatic rings. The first-order chi connectivity index (χ1) is 12.6. The van der Waals surface area contributed by atoms with Gasteiger partial charge in [-0.25, -0.2) is 4.79 Å². The topological polar surface area (TPSA) is 122 Å². The number of carboxylic acid groups (broad SMARTS) is 1. The largest absolute Gasteiger partial charge is 0.490 e. The van der Waals surface area contributed by atoms with E-state index in [4.69, 9.17) is 25.5 Å². The summed E-state index contributed by atoms with van der Waals surface area (Å²) >= 11 is 0. The number of nitrogens with two attached hydrogens (primary N) is 1. The predicted octanol–water partition coefficient (Wildman–Crippen LogP) is 2.37. The molecule has 146 valence electrons. The Hall–Kier alpha value is -3.11. The lowest BCUT2D eigenvalue weighted by Gasteiger charge is -2.11. The molecule has 0 radical (unpaired) electrons. The fourth-order valence-electron chi connectivity index (χ4n) is 1.58. The first kappa shape index (κ1) is 21.9. The van der Waals surface area contributed by atoms with Gasteiger partial charge in [-0.2, -0.15) is 13.2 Å². The van der Waals surface area contributed by atoms with Gasteiger partial charge in [0.05, 0.1) is 6.61 Å². The molecule has 2 aromatic rings. The first-order valence-corrected chi connectivity index (χ1v) is 7.44. The molecule has 0 fully saturated rings. The Bertz CT molecular complexity index is 754. The van der Waals surface area contributed by atoms with Crippen molar-refractivity contribution in [3.05, 3.63) is 54.6 Å². The van der Waals surface area contributed by atoms with Crippen molar-refractivity contribution in [2.24, 2.45) is 5.73 Å². The molecule has 1 unspecified atom stereocenters. The number of aliphatic carboxylic acids is 1. The second-order valence-electron chi connectivity index (χ2n) is 5.02. The van der Waals surface area contributed by atoms with Crippen LogP contribution in [0.3, 0.4) is 0 Å². The number of hydrogen-bond donors (Lipinski definition) is 4. The molecule has 27 heavy (non-hydrogen) atoms. The van der Waals surface area contributed by atoms with E-state index in [0.717, 1.165) is 0 Å². The lowest BCUT2D eigenvalue weighted by Crippen LogP contribution is -2.38. The highest BCUT2D eigenvalue weighted by Gasteiger charge is 2.38. The number of hydrogen-bond acceptors (Lipinski definition) is 5. The number of nitrogens with one attached hydrogen (secondary N) is 1. The molecule has 1 amide bonds. The van der Waals surface area contributed by atoms with Gasteiger partial charge >= 0.3 is 12.1 Å². The van der Waals surface area contributed by atoms with E-state index >= 15 is 0 Å². The minimum atomic E-state index is -5.08. The highest BCUT2D eigenvalue weighted by atomic mass is 19.4. The molecule has 0 aliphatic heterocycles. The Balaban J connectivity index is 0.000000445. The summed E-state index contributed by atoms with van der Waals surface area (Å²) in [5.74, 6) is -1.88. The molecular weight excluding hydrogens is 369 g/mol. The highest BCUT2D eigenvalue weighted by molar-refractivity contribution is 5.94. The number of anilines is 1. The lowest BCUT2D eigenvalue weighted by atomic mass is 10.2. The van der Waals surface area contributed by atoms with E-state index in [-0.39, 0.29) is 0 Å². The van der Waals surface area contributed by atoms with Gasteiger partial charge in [0.1, 0.15) is 17.5 Å². The lowest BCUT2D eigenvalue weighted by molar-refractivity contribution is -0.192. The molecular formula is C17H17F3N2O5. The van der Waals surface area contributed by atoms with Crippen LogP contribution in [0.4, 0.5) is 18.9 Å². The zero-order valence-electron chi connectivity index (χ0n) is 13.8. The summed E-state index contributed by atoms with van der Waals surface area (Å²) in [6, 6.07) is 15.4.